The van der Waals surface area contributed by atoms with Gasteiger partial charge >= 0.3 is 0 Å². The van der Waals surface area contributed by atoms with Gasteiger partial charge in [-0.05, 0) is 52.7 Å². The van der Waals surface area contributed by atoms with Gasteiger partial charge in [0.1, 0.15) is 22.3 Å². The lowest BCUT2D eigenvalue weighted by Crippen LogP contribution is -2.00. The van der Waals surface area contributed by atoms with Crippen LogP contribution >= 0.6 is 0 Å². The van der Waals surface area contributed by atoms with Gasteiger partial charge in [0.05, 0.1) is 0 Å². The third-order valence-electron chi connectivity index (χ3n) is 9.03. The third kappa shape index (κ3) is 4.13. The third-order valence-corrected chi connectivity index (χ3v) is 9.03. The molecule has 0 saturated heterocycles. The summed E-state index contributed by atoms with van der Waals surface area (Å²) < 4.78 is 12.9. The Balaban J connectivity index is 1.26. The second-order valence-electron chi connectivity index (χ2n) is 11.8. The summed E-state index contributed by atoms with van der Waals surface area (Å²) in [7, 11) is 0. The van der Waals surface area contributed by atoms with E-state index < -0.39 is 0 Å². The van der Waals surface area contributed by atoms with Crippen molar-refractivity contribution in [1.82, 2.24) is 19.9 Å². The minimum Gasteiger partial charge on any atom is -0.456 e. The van der Waals surface area contributed by atoms with Crippen molar-refractivity contribution in [1.29, 1.82) is 0 Å². The molecule has 0 N–H and O–H groups in total. The van der Waals surface area contributed by atoms with Crippen LogP contribution in [0.3, 0.4) is 0 Å². The number of hydrogen-bond acceptors (Lipinski definition) is 6. The van der Waals surface area contributed by atoms with Crippen LogP contribution < -0.4 is 0 Å². The van der Waals surface area contributed by atoms with Gasteiger partial charge in [-0.3, -0.25) is 4.98 Å². The molecular weight excluding hydrogens is 592 g/mol. The number of pyridine rings is 1. The molecular formula is C42H24N4O2. The van der Waals surface area contributed by atoms with Gasteiger partial charge in [0.2, 0.25) is 0 Å². The van der Waals surface area contributed by atoms with Gasteiger partial charge in [0.15, 0.2) is 17.5 Å². The van der Waals surface area contributed by atoms with Crippen LogP contribution in [-0.4, -0.2) is 19.9 Å². The van der Waals surface area contributed by atoms with Crippen molar-refractivity contribution in [2.75, 3.05) is 0 Å². The highest BCUT2D eigenvalue weighted by molar-refractivity contribution is 6.19. The van der Waals surface area contributed by atoms with E-state index in [1.807, 2.05) is 85.1 Å². The molecule has 0 aliphatic heterocycles. The maximum atomic E-state index is 6.67. The number of fused-ring (bicyclic) bond motifs is 7. The van der Waals surface area contributed by atoms with Crippen LogP contribution in [0, 0.1) is 0 Å². The van der Waals surface area contributed by atoms with Crippen molar-refractivity contribution in [3.8, 4) is 45.3 Å². The number of aromatic nitrogens is 4. The number of para-hydroxylation sites is 1. The van der Waals surface area contributed by atoms with Crippen LogP contribution in [0.2, 0.25) is 0 Å². The predicted molar refractivity (Wildman–Crippen MR) is 191 cm³/mol. The van der Waals surface area contributed by atoms with E-state index in [4.69, 9.17) is 23.8 Å². The first-order valence-corrected chi connectivity index (χ1v) is 15.8. The monoisotopic (exact) mass is 616 g/mol. The molecule has 0 aliphatic rings. The Kier molecular flexibility index (Phi) is 5.77. The van der Waals surface area contributed by atoms with Crippen LogP contribution in [-0.2, 0) is 0 Å². The van der Waals surface area contributed by atoms with Crippen molar-refractivity contribution in [3.63, 3.8) is 0 Å². The lowest BCUT2D eigenvalue weighted by Gasteiger charge is -2.11. The smallest absolute Gasteiger partial charge is 0.164 e. The van der Waals surface area contributed by atoms with E-state index in [0.29, 0.717) is 17.5 Å². The van der Waals surface area contributed by atoms with Crippen LogP contribution in [0.4, 0.5) is 0 Å². The highest BCUT2D eigenvalue weighted by Gasteiger charge is 2.22. The van der Waals surface area contributed by atoms with Crippen molar-refractivity contribution >= 4 is 54.6 Å². The molecule has 4 aromatic heterocycles. The first-order chi connectivity index (χ1) is 23.8. The molecule has 4 heterocycles. The van der Waals surface area contributed by atoms with E-state index in [2.05, 4.69) is 59.6 Å². The summed E-state index contributed by atoms with van der Waals surface area (Å²) in [5.74, 6) is 1.76. The fourth-order valence-electron chi connectivity index (χ4n) is 6.79. The van der Waals surface area contributed by atoms with E-state index >= 15 is 0 Å². The van der Waals surface area contributed by atoms with Crippen LogP contribution in [0.15, 0.2) is 155 Å². The quantitative estimate of drug-likeness (QED) is 0.196. The van der Waals surface area contributed by atoms with Gasteiger partial charge < -0.3 is 8.83 Å². The Hall–Kier alpha value is -6.66. The average Bonchev–Trinajstić information content (AvgIpc) is 3.74. The van der Waals surface area contributed by atoms with E-state index in [1.54, 1.807) is 6.20 Å². The molecule has 0 unspecified atom stereocenters. The zero-order valence-corrected chi connectivity index (χ0v) is 25.5. The molecule has 0 atom stereocenters. The average molecular weight is 617 g/mol. The topological polar surface area (TPSA) is 77.8 Å². The van der Waals surface area contributed by atoms with Gasteiger partial charge in [-0.25, -0.2) is 15.0 Å². The zero-order valence-electron chi connectivity index (χ0n) is 25.5. The highest BCUT2D eigenvalue weighted by Crippen LogP contribution is 2.44. The molecule has 10 aromatic rings. The summed E-state index contributed by atoms with van der Waals surface area (Å²) >= 11 is 0. The Morgan fingerprint density at radius 3 is 2.06 bits per heavy atom. The molecule has 0 fully saturated rings. The molecule has 0 bridgehead atoms. The fraction of sp³-hybridized carbons (Fsp3) is 0. The molecule has 0 saturated carbocycles. The molecule has 6 heteroatoms. The number of nitrogens with zero attached hydrogens (tertiary/aromatic N) is 4. The molecule has 224 valence electrons. The summed E-state index contributed by atoms with van der Waals surface area (Å²) in [6.07, 6.45) is 3.61. The molecule has 0 spiro atoms. The second-order valence-corrected chi connectivity index (χ2v) is 11.8. The maximum absolute atomic E-state index is 6.67. The van der Waals surface area contributed by atoms with Crippen molar-refractivity contribution < 1.29 is 8.83 Å². The van der Waals surface area contributed by atoms with Gasteiger partial charge in [0, 0.05) is 56.2 Å². The van der Waals surface area contributed by atoms with Gasteiger partial charge in [-0.15, -0.1) is 0 Å². The van der Waals surface area contributed by atoms with Crippen LogP contribution in [0.5, 0.6) is 0 Å². The molecule has 48 heavy (non-hydrogen) atoms. The zero-order chi connectivity index (χ0) is 31.6. The van der Waals surface area contributed by atoms with Gasteiger partial charge in [-0.1, -0.05) is 97.1 Å². The molecule has 6 nitrogen and oxygen atoms in total. The molecule has 10 rings (SSSR count). The number of benzene rings is 6. The first kappa shape index (κ1) is 26.5. The molecule has 6 aromatic carbocycles. The minimum atomic E-state index is 0.557. The number of hydrogen-bond donors (Lipinski definition) is 0. The number of rotatable bonds is 4. The van der Waals surface area contributed by atoms with E-state index in [9.17, 15) is 0 Å². The lowest BCUT2D eigenvalue weighted by molar-refractivity contribution is 0.668. The summed E-state index contributed by atoms with van der Waals surface area (Å²) in [4.78, 5) is 19.7. The van der Waals surface area contributed by atoms with E-state index in [0.717, 1.165) is 82.5 Å². The predicted octanol–water partition coefficient (Wildman–Crippen LogP) is 10.9. The van der Waals surface area contributed by atoms with Crippen LogP contribution in [0.1, 0.15) is 0 Å². The lowest BCUT2D eigenvalue weighted by atomic mass is 9.95. The van der Waals surface area contributed by atoms with Crippen LogP contribution in [0.25, 0.3) is 99.9 Å². The Labute approximate surface area is 274 Å². The van der Waals surface area contributed by atoms with Gasteiger partial charge in [-0.2, -0.15) is 0 Å². The minimum absolute atomic E-state index is 0.557. The Morgan fingerprint density at radius 1 is 0.417 bits per heavy atom. The summed E-state index contributed by atoms with van der Waals surface area (Å²) in [6, 6.07) is 45.0. The first-order valence-electron chi connectivity index (χ1n) is 15.8. The Bertz CT molecular complexity index is 2850. The van der Waals surface area contributed by atoms with Gasteiger partial charge in [0.25, 0.3) is 0 Å². The molecule has 0 aliphatic carbocycles. The Morgan fingerprint density at radius 2 is 1.15 bits per heavy atom. The summed E-state index contributed by atoms with van der Waals surface area (Å²) in [6.45, 7) is 0. The summed E-state index contributed by atoms with van der Waals surface area (Å²) in [5.41, 5.74) is 7.80. The second kappa shape index (κ2) is 10.4. The van der Waals surface area contributed by atoms with Crippen molar-refractivity contribution in [2.24, 2.45) is 0 Å². The van der Waals surface area contributed by atoms with Crippen molar-refractivity contribution in [2.45, 2.75) is 0 Å². The molecule has 0 radical (unpaired) electrons. The summed E-state index contributed by atoms with van der Waals surface area (Å²) in [5, 5.41) is 6.18. The van der Waals surface area contributed by atoms with Crippen molar-refractivity contribution in [3.05, 3.63) is 146 Å². The normalized spacial score (nSPS) is 11.8. The standard InChI is InChI=1S/C42H24N4O2/c1-2-10-26(11-3-1)40-44-41(28-18-17-25-9-4-5-12-27(25)23-28)46-42(45-40)32-20-19-30(39-38(32)33-24-43-22-21-35(33)48-39)29-14-8-16-36-37(29)31-13-6-7-15-34(31)47-36/h1-24H. The molecule has 0 amide bonds. The SMILES string of the molecule is c1ccc(-c2nc(-c3ccc4ccccc4c3)nc(-c3ccc(-c4cccc5oc6ccccc6c45)c4oc5ccncc5c34)n2)cc1. The highest BCUT2D eigenvalue weighted by atomic mass is 16.3. The fourth-order valence-corrected chi connectivity index (χ4v) is 6.79. The number of furan rings is 2. The van der Waals surface area contributed by atoms with E-state index in [-0.39, 0.29) is 0 Å². The maximum Gasteiger partial charge on any atom is 0.164 e. The largest absolute Gasteiger partial charge is 0.456 e. The van der Waals surface area contributed by atoms with E-state index in [1.165, 1.54) is 0 Å².